The minimum absolute atomic E-state index is 0.0604. The van der Waals surface area contributed by atoms with Crippen molar-refractivity contribution in [2.24, 2.45) is 0 Å². The number of rotatable bonds is 7. The highest BCUT2D eigenvalue weighted by Gasteiger charge is 2.14. The normalized spacial score (nSPS) is 11.0. The van der Waals surface area contributed by atoms with Crippen molar-refractivity contribution in [3.05, 3.63) is 78.4 Å². The van der Waals surface area contributed by atoms with Crippen molar-refractivity contribution in [3.63, 3.8) is 0 Å². The van der Waals surface area contributed by atoms with Crippen LogP contribution in [0.3, 0.4) is 0 Å². The summed E-state index contributed by atoms with van der Waals surface area (Å²) in [5.74, 6) is 1.02. The van der Waals surface area contributed by atoms with Gasteiger partial charge in [0.25, 0.3) is 10.0 Å². The third kappa shape index (κ3) is 5.58. The van der Waals surface area contributed by atoms with Crippen LogP contribution in [0, 0.1) is 6.92 Å². The van der Waals surface area contributed by atoms with Crippen LogP contribution in [0.1, 0.15) is 18.9 Å². The number of benzene rings is 3. The molecule has 29 heavy (non-hydrogen) atoms. The van der Waals surface area contributed by atoms with E-state index in [1.165, 1.54) is 12.1 Å². The molecule has 0 saturated carbocycles. The van der Waals surface area contributed by atoms with Crippen LogP contribution >= 0.6 is 0 Å². The zero-order chi connectivity index (χ0) is 20.9. The summed E-state index contributed by atoms with van der Waals surface area (Å²) in [6.45, 7) is 3.68. The molecular formula is C22H22N2O4S. The number of hydrogen-bond acceptors (Lipinski definition) is 4. The van der Waals surface area contributed by atoms with Crippen LogP contribution in [0.25, 0.3) is 0 Å². The average molecular weight is 410 g/mol. The highest BCUT2D eigenvalue weighted by atomic mass is 32.2. The first-order valence-corrected chi connectivity index (χ1v) is 10.6. The zero-order valence-corrected chi connectivity index (χ0v) is 17.0. The average Bonchev–Trinajstić information content (AvgIpc) is 2.69. The summed E-state index contributed by atoms with van der Waals surface area (Å²) < 4.78 is 33.4. The molecule has 0 aliphatic carbocycles. The van der Waals surface area contributed by atoms with Gasteiger partial charge in [-0.25, -0.2) is 8.42 Å². The molecule has 0 aromatic heterocycles. The smallest absolute Gasteiger partial charge is 0.261 e. The predicted octanol–water partition coefficient (Wildman–Crippen LogP) is 4.94. The van der Waals surface area contributed by atoms with Crippen molar-refractivity contribution >= 4 is 27.3 Å². The second kappa shape index (κ2) is 8.79. The van der Waals surface area contributed by atoms with Crippen molar-refractivity contribution in [1.29, 1.82) is 0 Å². The standard InChI is InChI=1S/C22H22N2O4S/c1-3-22(25)23-17-7-9-19(10-8-17)28-20-11-13-21(14-12-20)29(26,27)24-18-6-4-5-16(2)15-18/h4-15,24H,3H2,1-2H3,(H,23,25). The molecule has 0 fully saturated rings. The number of carbonyl (C=O) groups excluding carboxylic acids is 1. The van der Waals surface area contributed by atoms with Crippen LogP contribution in [0.4, 0.5) is 11.4 Å². The van der Waals surface area contributed by atoms with Crippen LogP contribution in [-0.2, 0) is 14.8 Å². The molecule has 0 unspecified atom stereocenters. The molecule has 0 atom stereocenters. The minimum Gasteiger partial charge on any atom is -0.457 e. The first kappa shape index (κ1) is 20.4. The van der Waals surface area contributed by atoms with Gasteiger partial charge >= 0.3 is 0 Å². The van der Waals surface area contributed by atoms with Crippen molar-refractivity contribution in [2.45, 2.75) is 25.2 Å². The number of nitrogens with one attached hydrogen (secondary N) is 2. The van der Waals surface area contributed by atoms with E-state index < -0.39 is 10.0 Å². The molecule has 1 amide bonds. The molecule has 0 aliphatic heterocycles. The Bertz CT molecular complexity index is 1090. The highest BCUT2D eigenvalue weighted by molar-refractivity contribution is 7.92. The van der Waals surface area contributed by atoms with E-state index in [4.69, 9.17) is 4.74 Å². The Kier molecular flexibility index (Phi) is 6.19. The Hall–Kier alpha value is -3.32. The maximum atomic E-state index is 12.5. The quantitative estimate of drug-likeness (QED) is 0.578. The fourth-order valence-electron chi connectivity index (χ4n) is 2.60. The summed E-state index contributed by atoms with van der Waals surface area (Å²) in [5, 5.41) is 2.76. The molecule has 7 heteroatoms. The van der Waals surface area contributed by atoms with Gasteiger partial charge in [0.05, 0.1) is 4.90 Å². The number of sulfonamides is 1. The van der Waals surface area contributed by atoms with E-state index in [1.807, 2.05) is 13.0 Å². The largest absolute Gasteiger partial charge is 0.457 e. The molecule has 0 bridgehead atoms. The van der Waals surface area contributed by atoms with E-state index >= 15 is 0 Å². The molecule has 150 valence electrons. The molecule has 3 aromatic carbocycles. The van der Waals surface area contributed by atoms with Crippen LogP contribution in [0.15, 0.2) is 77.7 Å². The van der Waals surface area contributed by atoms with Gasteiger partial charge in [0, 0.05) is 17.8 Å². The molecule has 3 rings (SSSR count). The van der Waals surface area contributed by atoms with Gasteiger partial charge < -0.3 is 10.1 Å². The Morgan fingerprint density at radius 1 is 0.897 bits per heavy atom. The fourth-order valence-corrected chi connectivity index (χ4v) is 3.65. The summed E-state index contributed by atoms with van der Waals surface area (Å²) >= 11 is 0. The highest BCUT2D eigenvalue weighted by Crippen LogP contribution is 2.25. The van der Waals surface area contributed by atoms with Gasteiger partial charge in [0.1, 0.15) is 11.5 Å². The Morgan fingerprint density at radius 2 is 1.52 bits per heavy atom. The summed E-state index contributed by atoms with van der Waals surface area (Å²) in [6.07, 6.45) is 0.409. The van der Waals surface area contributed by atoms with E-state index in [-0.39, 0.29) is 10.8 Å². The molecule has 0 heterocycles. The zero-order valence-electron chi connectivity index (χ0n) is 16.2. The van der Waals surface area contributed by atoms with Crippen LogP contribution in [-0.4, -0.2) is 14.3 Å². The maximum absolute atomic E-state index is 12.5. The van der Waals surface area contributed by atoms with Gasteiger partial charge in [-0.2, -0.15) is 0 Å². The second-order valence-corrected chi connectivity index (χ2v) is 8.16. The fraction of sp³-hybridized carbons (Fsp3) is 0.136. The SMILES string of the molecule is CCC(=O)Nc1ccc(Oc2ccc(S(=O)(=O)Nc3cccc(C)c3)cc2)cc1. The topological polar surface area (TPSA) is 84.5 Å². The second-order valence-electron chi connectivity index (χ2n) is 6.47. The molecule has 3 aromatic rings. The van der Waals surface area contributed by atoms with E-state index in [2.05, 4.69) is 10.0 Å². The molecule has 0 aliphatic rings. The van der Waals surface area contributed by atoms with Crippen molar-refractivity contribution in [2.75, 3.05) is 10.0 Å². The lowest BCUT2D eigenvalue weighted by Crippen LogP contribution is -2.12. The van der Waals surface area contributed by atoms with E-state index in [0.29, 0.717) is 29.3 Å². The molecule has 2 N–H and O–H groups in total. The molecule has 0 saturated heterocycles. The van der Waals surface area contributed by atoms with E-state index in [1.54, 1.807) is 61.5 Å². The first-order valence-electron chi connectivity index (χ1n) is 9.13. The van der Waals surface area contributed by atoms with Gasteiger partial charge in [-0.05, 0) is 73.2 Å². The van der Waals surface area contributed by atoms with Gasteiger partial charge in [-0.3, -0.25) is 9.52 Å². The van der Waals surface area contributed by atoms with Gasteiger partial charge in [-0.15, -0.1) is 0 Å². The molecule has 6 nitrogen and oxygen atoms in total. The van der Waals surface area contributed by atoms with E-state index in [0.717, 1.165) is 5.56 Å². The number of ether oxygens (including phenoxy) is 1. The van der Waals surface area contributed by atoms with E-state index in [9.17, 15) is 13.2 Å². The maximum Gasteiger partial charge on any atom is 0.261 e. The lowest BCUT2D eigenvalue weighted by atomic mass is 10.2. The Balaban J connectivity index is 1.67. The lowest BCUT2D eigenvalue weighted by Gasteiger charge is -2.10. The van der Waals surface area contributed by atoms with Gasteiger partial charge in [0.15, 0.2) is 0 Å². The van der Waals surface area contributed by atoms with Gasteiger partial charge in [0.2, 0.25) is 5.91 Å². The summed E-state index contributed by atoms with van der Waals surface area (Å²) in [4.78, 5) is 11.5. The van der Waals surface area contributed by atoms with Crippen molar-refractivity contribution < 1.29 is 17.9 Å². The minimum atomic E-state index is -3.69. The Morgan fingerprint density at radius 3 is 2.10 bits per heavy atom. The summed E-state index contributed by atoms with van der Waals surface area (Å²) in [6, 6.07) is 20.3. The van der Waals surface area contributed by atoms with Gasteiger partial charge in [-0.1, -0.05) is 19.1 Å². The predicted molar refractivity (Wildman–Crippen MR) is 114 cm³/mol. The lowest BCUT2D eigenvalue weighted by molar-refractivity contribution is -0.115. The van der Waals surface area contributed by atoms with Crippen molar-refractivity contribution in [3.8, 4) is 11.5 Å². The molecule has 0 spiro atoms. The number of hydrogen-bond donors (Lipinski definition) is 2. The molecular weight excluding hydrogens is 388 g/mol. The number of amides is 1. The number of anilines is 2. The van der Waals surface area contributed by atoms with Crippen LogP contribution < -0.4 is 14.8 Å². The number of aryl methyl sites for hydroxylation is 1. The van der Waals surface area contributed by atoms with Crippen molar-refractivity contribution in [1.82, 2.24) is 0 Å². The Labute approximate surface area is 170 Å². The monoisotopic (exact) mass is 410 g/mol. The summed E-state index contributed by atoms with van der Waals surface area (Å²) in [7, 11) is -3.69. The van der Waals surface area contributed by atoms with Crippen LogP contribution in [0.5, 0.6) is 11.5 Å². The first-order chi connectivity index (χ1) is 13.9. The number of carbonyl (C=O) groups is 1. The van der Waals surface area contributed by atoms with Crippen LogP contribution in [0.2, 0.25) is 0 Å². The molecule has 0 radical (unpaired) electrons. The summed E-state index contributed by atoms with van der Waals surface area (Å²) in [5.41, 5.74) is 2.17. The third-order valence-electron chi connectivity index (χ3n) is 4.10. The third-order valence-corrected chi connectivity index (χ3v) is 5.50.